The van der Waals surface area contributed by atoms with Gasteiger partial charge < -0.3 is 15.2 Å². The van der Waals surface area contributed by atoms with Gasteiger partial charge in [-0.2, -0.15) is 0 Å². The van der Waals surface area contributed by atoms with Crippen molar-refractivity contribution in [3.63, 3.8) is 0 Å². The number of carbonyl (C=O) groups is 1. The topological polar surface area (TPSA) is 61.5 Å². The molecule has 4 heteroatoms. The van der Waals surface area contributed by atoms with Crippen LogP contribution in [-0.2, 0) is 0 Å². The number of ketones is 1. The molecule has 1 aliphatic rings. The van der Waals surface area contributed by atoms with Gasteiger partial charge in [0.05, 0.1) is 13.2 Å². The molecule has 0 heterocycles. The van der Waals surface area contributed by atoms with E-state index in [1.165, 1.54) is 0 Å². The predicted molar refractivity (Wildman–Crippen MR) is 83.0 cm³/mol. The molecule has 1 aromatic carbocycles. The second-order valence-electron chi connectivity index (χ2n) is 5.50. The van der Waals surface area contributed by atoms with E-state index in [1.54, 1.807) is 0 Å². The summed E-state index contributed by atoms with van der Waals surface area (Å²) < 4.78 is 11.1. The molecule has 0 saturated heterocycles. The van der Waals surface area contributed by atoms with E-state index in [2.05, 4.69) is 0 Å². The number of hydrogen-bond acceptors (Lipinski definition) is 4. The van der Waals surface area contributed by atoms with E-state index in [-0.39, 0.29) is 17.7 Å². The van der Waals surface area contributed by atoms with Gasteiger partial charge in [-0.3, -0.25) is 4.79 Å². The van der Waals surface area contributed by atoms with Crippen LogP contribution >= 0.6 is 0 Å². The van der Waals surface area contributed by atoms with Crippen LogP contribution in [0.1, 0.15) is 49.9 Å². The molecule has 1 aromatic rings. The maximum absolute atomic E-state index is 12.6. The van der Waals surface area contributed by atoms with Crippen molar-refractivity contribution in [1.82, 2.24) is 0 Å². The average molecular weight is 291 g/mol. The zero-order valence-corrected chi connectivity index (χ0v) is 12.9. The second kappa shape index (κ2) is 7.46. The number of hydrogen-bond donors (Lipinski definition) is 1. The van der Waals surface area contributed by atoms with Gasteiger partial charge in [0.2, 0.25) is 0 Å². The first-order valence-electron chi connectivity index (χ1n) is 7.85. The molecule has 4 nitrogen and oxygen atoms in total. The van der Waals surface area contributed by atoms with Crippen molar-refractivity contribution in [2.24, 2.45) is 11.7 Å². The molecule has 0 bridgehead atoms. The zero-order chi connectivity index (χ0) is 15.2. The summed E-state index contributed by atoms with van der Waals surface area (Å²) in [7, 11) is 0. The highest BCUT2D eigenvalue weighted by Crippen LogP contribution is 2.32. The van der Waals surface area contributed by atoms with Crippen molar-refractivity contribution in [2.45, 2.75) is 45.6 Å². The van der Waals surface area contributed by atoms with Gasteiger partial charge in [-0.1, -0.05) is 0 Å². The fourth-order valence-corrected chi connectivity index (χ4v) is 2.82. The van der Waals surface area contributed by atoms with Crippen molar-refractivity contribution in [2.75, 3.05) is 13.2 Å². The van der Waals surface area contributed by atoms with Gasteiger partial charge in [0.25, 0.3) is 0 Å². The maximum atomic E-state index is 12.6. The Balaban J connectivity index is 2.15. The molecular formula is C17H25NO3. The van der Waals surface area contributed by atoms with Crippen LogP contribution in [0, 0.1) is 5.92 Å². The normalized spacial score (nSPS) is 21.9. The predicted octanol–water partition coefficient (Wildman–Crippen LogP) is 3.18. The molecule has 1 saturated carbocycles. The Morgan fingerprint density at radius 1 is 1.10 bits per heavy atom. The third-order valence-electron chi connectivity index (χ3n) is 3.97. The minimum Gasteiger partial charge on any atom is -0.490 e. The molecule has 0 aliphatic heterocycles. The molecule has 116 valence electrons. The summed E-state index contributed by atoms with van der Waals surface area (Å²) in [5, 5.41) is 0. The Kier molecular flexibility index (Phi) is 5.62. The Bertz CT molecular complexity index is 479. The van der Waals surface area contributed by atoms with Gasteiger partial charge in [0.1, 0.15) is 0 Å². The highest BCUT2D eigenvalue weighted by Gasteiger charge is 2.26. The fourth-order valence-electron chi connectivity index (χ4n) is 2.82. The summed E-state index contributed by atoms with van der Waals surface area (Å²) in [6.45, 7) is 4.98. The lowest BCUT2D eigenvalue weighted by Crippen LogP contribution is -2.29. The van der Waals surface area contributed by atoms with Crippen LogP contribution in [0.4, 0.5) is 0 Å². The van der Waals surface area contributed by atoms with Gasteiger partial charge in [-0.15, -0.1) is 0 Å². The van der Waals surface area contributed by atoms with Crippen LogP contribution in [0.25, 0.3) is 0 Å². The Morgan fingerprint density at radius 2 is 1.71 bits per heavy atom. The number of benzene rings is 1. The lowest BCUT2D eigenvalue weighted by Gasteiger charge is -2.25. The van der Waals surface area contributed by atoms with E-state index in [4.69, 9.17) is 15.2 Å². The fraction of sp³-hybridized carbons (Fsp3) is 0.588. The summed E-state index contributed by atoms with van der Waals surface area (Å²) in [6.07, 6.45) is 3.64. The van der Waals surface area contributed by atoms with Crippen molar-refractivity contribution in [1.29, 1.82) is 0 Å². The third-order valence-corrected chi connectivity index (χ3v) is 3.97. The summed E-state index contributed by atoms with van der Waals surface area (Å²) in [5.74, 6) is 1.64. The Labute approximate surface area is 126 Å². The van der Waals surface area contributed by atoms with Gasteiger partial charge in [-0.05, 0) is 57.7 Å². The number of nitrogens with two attached hydrogens (primary N) is 1. The monoisotopic (exact) mass is 291 g/mol. The lowest BCUT2D eigenvalue weighted by molar-refractivity contribution is 0.0884. The first-order valence-corrected chi connectivity index (χ1v) is 7.85. The van der Waals surface area contributed by atoms with E-state index in [9.17, 15) is 4.79 Å². The van der Waals surface area contributed by atoms with E-state index in [1.807, 2.05) is 32.0 Å². The quantitative estimate of drug-likeness (QED) is 0.818. The van der Waals surface area contributed by atoms with Gasteiger partial charge >= 0.3 is 0 Å². The van der Waals surface area contributed by atoms with E-state index in [0.717, 1.165) is 25.7 Å². The van der Waals surface area contributed by atoms with Crippen LogP contribution in [-0.4, -0.2) is 25.0 Å². The molecule has 0 radical (unpaired) electrons. The van der Waals surface area contributed by atoms with Crippen LogP contribution in [0.3, 0.4) is 0 Å². The number of Topliss-reactive ketones (excluding diaryl/α,β-unsaturated/α-hetero) is 1. The van der Waals surface area contributed by atoms with Crippen molar-refractivity contribution >= 4 is 5.78 Å². The number of ether oxygens (including phenoxy) is 2. The first-order chi connectivity index (χ1) is 10.2. The van der Waals surface area contributed by atoms with E-state index < -0.39 is 0 Å². The summed E-state index contributed by atoms with van der Waals surface area (Å²) in [5.41, 5.74) is 6.62. The molecule has 2 rings (SSSR count). The number of rotatable bonds is 6. The van der Waals surface area contributed by atoms with Crippen molar-refractivity contribution in [3.8, 4) is 11.5 Å². The van der Waals surface area contributed by atoms with Crippen LogP contribution in [0.15, 0.2) is 18.2 Å². The molecule has 1 fully saturated rings. The highest BCUT2D eigenvalue weighted by atomic mass is 16.5. The molecule has 0 aromatic heterocycles. The lowest BCUT2D eigenvalue weighted by atomic mass is 9.82. The molecule has 21 heavy (non-hydrogen) atoms. The molecular weight excluding hydrogens is 266 g/mol. The highest BCUT2D eigenvalue weighted by molar-refractivity contribution is 5.98. The zero-order valence-electron chi connectivity index (χ0n) is 12.9. The van der Waals surface area contributed by atoms with Crippen LogP contribution < -0.4 is 15.2 Å². The van der Waals surface area contributed by atoms with E-state index in [0.29, 0.717) is 30.3 Å². The largest absolute Gasteiger partial charge is 0.490 e. The minimum absolute atomic E-state index is 0.0946. The minimum atomic E-state index is 0.0946. The average Bonchev–Trinajstić information content (AvgIpc) is 2.49. The maximum Gasteiger partial charge on any atom is 0.166 e. The first kappa shape index (κ1) is 15.8. The summed E-state index contributed by atoms with van der Waals surface area (Å²) >= 11 is 0. The standard InChI is InChI=1S/C17H25NO3/c1-3-20-15-10-7-13(11-16(15)21-4-2)17(19)12-5-8-14(18)9-6-12/h7,10-12,14H,3-6,8-9,18H2,1-2H3. The summed E-state index contributed by atoms with van der Waals surface area (Å²) in [6, 6.07) is 5.74. The Morgan fingerprint density at radius 3 is 2.33 bits per heavy atom. The molecule has 0 amide bonds. The second-order valence-corrected chi connectivity index (χ2v) is 5.50. The van der Waals surface area contributed by atoms with Crippen molar-refractivity contribution in [3.05, 3.63) is 23.8 Å². The molecule has 0 spiro atoms. The molecule has 1 aliphatic carbocycles. The Hall–Kier alpha value is -1.55. The molecule has 0 unspecified atom stereocenters. The van der Waals surface area contributed by atoms with Crippen LogP contribution in [0.5, 0.6) is 11.5 Å². The molecule has 0 atom stereocenters. The SMILES string of the molecule is CCOc1ccc(C(=O)C2CCC(N)CC2)cc1OCC. The summed E-state index contributed by atoms with van der Waals surface area (Å²) in [4.78, 5) is 12.6. The van der Waals surface area contributed by atoms with Gasteiger partial charge in [-0.25, -0.2) is 0 Å². The van der Waals surface area contributed by atoms with Gasteiger partial charge in [0, 0.05) is 17.5 Å². The van der Waals surface area contributed by atoms with Crippen molar-refractivity contribution < 1.29 is 14.3 Å². The van der Waals surface area contributed by atoms with Gasteiger partial charge in [0.15, 0.2) is 17.3 Å². The number of carbonyl (C=O) groups excluding carboxylic acids is 1. The smallest absolute Gasteiger partial charge is 0.166 e. The molecule has 2 N–H and O–H groups in total. The van der Waals surface area contributed by atoms with E-state index >= 15 is 0 Å². The van der Waals surface area contributed by atoms with Crippen LogP contribution in [0.2, 0.25) is 0 Å². The third kappa shape index (κ3) is 3.97.